The van der Waals surface area contributed by atoms with Gasteiger partial charge in [0.15, 0.2) is 11.5 Å². The van der Waals surface area contributed by atoms with Crippen LogP contribution < -0.4 is 24.2 Å². The number of anilines is 1. The zero-order valence-electron chi connectivity index (χ0n) is 19.0. The molecule has 2 aliphatic heterocycles. The van der Waals surface area contributed by atoms with Gasteiger partial charge in [0, 0.05) is 23.3 Å². The highest BCUT2D eigenvalue weighted by Crippen LogP contribution is 2.46. The second-order valence-electron chi connectivity index (χ2n) is 7.87. The van der Waals surface area contributed by atoms with E-state index in [1.807, 2.05) is 6.92 Å². The first kappa shape index (κ1) is 22.8. The van der Waals surface area contributed by atoms with E-state index in [0.717, 1.165) is 6.42 Å². The normalized spacial score (nSPS) is 15.5. The molecule has 35 heavy (non-hydrogen) atoms. The molecule has 1 aromatic heterocycles. The molecule has 12 heteroatoms. The molecule has 0 spiro atoms. The third kappa shape index (κ3) is 3.79. The van der Waals surface area contributed by atoms with Crippen LogP contribution in [0.3, 0.4) is 0 Å². The van der Waals surface area contributed by atoms with Gasteiger partial charge in [0.2, 0.25) is 12.7 Å². The van der Waals surface area contributed by atoms with Crippen LogP contribution in [-0.2, 0) is 4.79 Å². The highest BCUT2D eigenvalue weighted by Gasteiger charge is 2.48. The molecule has 0 saturated heterocycles. The summed E-state index contributed by atoms with van der Waals surface area (Å²) < 4.78 is 12.2. The van der Waals surface area contributed by atoms with Crippen molar-refractivity contribution in [2.45, 2.75) is 38.0 Å². The summed E-state index contributed by atoms with van der Waals surface area (Å²) in [5.74, 6) is 0.417. The van der Waals surface area contributed by atoms with E-state index < -0.39 is 17.0 Å². The predicted molar refractivity (Wildman–Crippen MR) is 123 cm³/mol. The van der Waals surface area contributed by atoms with E-state index in [9.17, 15) is 20.0 Å². The molecule has 2 aromatic carbocycles. The van der Waals surface area contributed by atoms with Crippen LogP contribution in [-0.4, -0.2) is 33.5 Å². The molecule has 180 valence electrons. The van der Waals surface area contributed by atoms with Gasteiger partial charge in [-0.15, -0.1) is 0 Å². The monoisotopic (exact) mass is 495 g/mol. The molecule has 2 aliphatic rings. The van der Waals surface area contributed by atoms with Crippen molar-refractivity contribution in [1.82, 2.24) is 10.1 Å². The number of carbonyl (C=O) groups is 1. The molecule has 1 unspecified atom stereocenters. The first-order valence-electron chi connectivity index (χ1n) is 11.1. The maximum absolute atomic E-state index is 13.3. The Morgan fingerprint density at radius 2 is 2.00 bits per heavy atom. The van der Waals surface area contributed by atoms with E-state index in [1.165, 1.54) is 33.5 Å². The number of para-hydroxylation sites is 1. The third-order valence-electron chi connectivity index (χ3n) is 5.72. The third-order valence-corrected chi connectivity index (χ3v) is 6.76. The van der Waals surface area contributed by atoms with Crippen molar-refractivity contribution in [2.24, 2.45) is 0 Å². The number of nitro groups is 1. The highest BCUT2D eigenvalue weighted by atomic mass is 32.2. The number of amides is 1. The molecule has 0 bridgehead atoms. The van der Waals surface area contributed by atoms with Gasteiger partial charge in [0.05, 0.1) is 28.1 Å². The highest BCUT2D eigenvalue weighted by molar-refractivity contribution is 7.99. The van der Waals surface area contributed by atoms with Gasteiger partial charge in [-0.1, -0.05) is 42.4 Å². The van der Waals surface area contributed by atoms with Crippen LogP contribution in [0.1, 0.15) is 38.4 Å². The predicted octanol–water partition coefficient (Wildman–Crippen LogP) is 2.95. The van der Waals surface area contributed by atoms with Crippen LogP contribution in [0.2, 0.25) is 0 Å². The smallest absolute Gasteiger partial charge is 0.299 e. The Labute approximate surface area is 204 Å². The SMILES string of the molecule is CCCSc1nc([O-])c2[n+](n1)C(c1cc3c(cc1[N+](=O)[O-])OCO3)N(C(=O)CC)c1ccccc1-2. The number of nitro benzene ring substituents is 1. The van der Waals surface area contributed by atoms with Gasteiger partial charge in [-0.25, -0.2) is 9.88 Å². The second kappa shape index (κ2) is 9.02. The number of carbonyl (C=O) groups excluding carboxylic acids is 1. The van der Waals surface area contributed by atoms with E-state index in [4.69, 9.17) is 9.47 Å². The Bertz CT molecular complexity index is 1350. The van der Waals surface area contributed by atoms with Crippen LogP contribution in [0, 0.1) is 10.1 Å². The number of ether oxygens (including phenoxy) is 2. The lowest BCUT2D eigenvalue weighted by Gasteiger charge is -2.33. The van der Waals surface area contributed by atoms with E-state index in [-0.39, 0.29) is 47.0 Å². The van der Waals surface area contributed by atoms with Crippen molar-refractivity contribution >= 4 is 29.0 Å². The Balaban J connectivity index is 1.84. The fraction of sp³-hybridized carbons (Fsp3) is 0.304. The summed E-state index contributed by atoms with van der Waals surface area (Å²) >= 11 is 1.31. The summed E-state index contributed by atoms with van der Waals surface area (Å²) in [7, 11) is 0. The molecule has 1 amide bonds. The molecular formula is C23H21N5O6S. The Kier molecular flexibility index (Phi) is 5.89. The first-order valence-corrected chi connectivity index (χ1v) is 12.1. The average molecular weight is 496 g/mol. The zero-order chi connectivity index (χ0) is 24.7. The van der Waals surface area contributed by atoms with Crippen LogP contribution >= 0.6 is 11.8 Å². The van der Waals surface area contributed by atoms with Gasteiger partial charge in [0.25, 0.3) is 22.7 Å². The van der Waals surface area contributed by atoms with Crippen LogP contribution in [0.4, 0.5) is 11.4 Å². The number of benzene rings is 2. The summed E-state index contributed by atoms with van der Waals surface area (Å²) in [6.07, 6.45) is -0.144. The van der Waals surface area contributed by atoms with Crippen molar-refractivity contribution < 1.29 is 29.0 Å². The van der Waals surface area contributed by atoms with Crippen molar-refractivity contribution in [3.63, 3.8) is 0 Å². The fourth-order valence-corrected chi connectivity index (χ4v) is 4.90. The summed E-state index contributed by atoms with van der Waals surface area (Å²) in [4.78, 5) is 30.5. The molecular weight excluding hydrogens is 474 g/mol. The van der Waals surface area contributed by atoms with Gasteiger partial charge in [0.1, 0.15) is 5.56 Å². The maximum atomic E-state index is 13.3. The minimum absolute atomic E-state index is 0.0739. The summed E-state index contributed by atoms with van der Waals surface area (Å²) in [6.45, 7) is 3.63. The van der Waals surface area contributed by atoms with Gasteiger partial charge < -0.3 is 14.6 Å². The molecule has 0 radical (unpaired) electrons. The van der Waals surface area contributed by atoms with Crippen molar-refractivity contribution in [2.75, 3.05) is 17.4 Å². The molecule has 5 rings (SSSR count). The number of nitrogens with zero attached hydrogens (tertiary/aromatic N) is 5. The van der Waals surface area contributed by atoms with Gasteiger partial charge in [-0.05, 0) is 18.6 Å². The lowest BCUT2D eigenvalue weighted by atomic mass is 9.99. The molecule has 3 aromatic rings. The second-order valence-corrected chi connectivity index (χ2v) is 8.93. The molecule has 0 saturated carbocycles. The largest absolute Gasteiger partial charge is 0.854 e. The number of rotatable bonds is 6. The first-order chi connectivity index (χ1) is 16.9. The molecule has 0 fully saturated rings. The van der Waals surface area contributed by atoms with E-state index >= 15 is 0 Å². The average Bonchev–Trinajstić information content (AvgIpc) is 3.32. The number of hydrogen-bond donors (Lipinski definition) is 0. The van der Waals surface area contributed by atoms with Crippen molar-refractivity contribution in [3.05, 3.63) is 52.1 Å². The van der Waals surface area contributed by atoms with Crippen LogP contribution in [0.5, 0.6) is 17.4 Å². The minimum atomic E-state index is -1.11. The van der Waals surface area contributed by atoms with Crippen LogP contribution in [0.15, 0.2) is 41.6 Å². The summed E-state index contributed by atoms with van der Waals surface area (Å²) in [6, 6.07) is 9.67. The maximum Gasteiger partial charge on any atom is 0.299 e. The zero-order valence-corrected chi connectivity index (χ0v) is 19.8. The summed E-state index contributed by atoms with van der Waals surface area (Å²) in [5.41, 5.74) is 0.946. The number of aromatic nitrogens is 3. The Morgan fingerprint density at radius 1 is 1.26 bits per heavy atom. The number of hydrogen-bond acceptors (Lipinski definition) is 9. The van der Waals surface area contributed by atoms with Gasteiger partial charge in [-0.2, -0.15) is 0 Å². The lowest BCUT2D eigenvalue weighted by Crippen LogP contribution is -2.59. The molecule has 11 nitrogen and oxygen atoms in total. The standard InChI is InChI=1S/C23H21N5O6S/c1-3-9-35-23-24-21(30)20-13-7-5-6-8-15(13)26(19(29)4-2)22(27(20)25-23)14-10-17-18(34-12-33-17)11-16(14)28(31)32/h5-8,10-11,22H,3-4,9,12H2,1-2H3. The quantitative estimate of drug-likeness (QED) is 0.219. The topological polar surface area (TPSA) is 135 Å². The van der Waals surface area contributed by atoms with Crippen molar-refractivity contribution in [3.8, 4) is 28.6 Å². The molecule has 1 atom stereocenters. The lowest BCUT2D eigenvalue weighted by molar-refractivity contribution is -0.764. The Hall–Kier alpha value is -3.93. The minimum Gasteiger partial charge on any atom is -0.854 e. The van der Waals surface area contributed by atoms with E-state index in [0.29, 0.717) is 22.8 Å². The Morgan fingerprint density at radius 3 is 2.71 bits per heavy atom. The molecule has 3 heterocycles. The number of thioether (sulfide) groups is 1. The number of fused-ring (bicyclic) bond motifs is 4. The van der Waals surface area contributed by atoms with E-state index in [1.54, 1.807) is 31.2 Å². The molecule has 0 N–H and O–H groups in total. The van der Waals surface area contributed by atoms with Crippen LogP contribution in [0.25, 0.3) is 11.3 Å². The van der Waals surface area contributed by atoms with Crippen molar-refractivity contribution in [1.29, 1.82) is 0 Å². The van der Waals surface area contributed by atoms with Gasteiger partial charge >= 0.3 is 0 Å². The fourth-order valence-electron chi connectivity index (χ4n) is 4.22. The summed E-state index contributed by atoms with van der Waals surface area (Å²) in [5, 5.41) is 30.3. The van der Waals surface area contributed by atoms with E-state index in [2.05, 4.69) is 10.1 Å². The molecule has 0 aliphatic carbocycles. The van der Waals surface area contributed by atoms with Gasteiger partial charge in [-0.3, -0.25) is 14.9 Å².